The Hall–Kier alpha value is -1.82. The number of rotatable bonds is 5. The summed E-state index contributed by atoms with van der Waals surface area (Å²) in [6, 6.07) is 17.8. The van der Waals surface area contributed by atoms with Gasteiger partial charge in [-0.3, -0.25) is 4.79 Å². The van der Waals surface area contributed by atoms with Crippen LogP contribution in [0.15, 0.2) is 70.8 Å². The Kier molecular flexibility index (Phi) is 6.13. The van der Waals surface area contributed by atoms with Crippen molar-refractivity contribution in [3.63, 3.8) is 0 Å². The number of hydrogen-bond acceptors (Lipinski definition) is 5. The molecule has 3 nitrogen and oxygen atoms in total. The largest absolute Gasteiger partial charge is 0.279 e. The van der Waals surface area contributed by atoms with Gasteiger partial charge in [0, 0.05) is 10.6 Å². The lowest BCUT2D eigenvalue weighted by atomic mass is 10.2. The molecule has 3 rings (SSSR count). The maximum absolute atomic E-state index is 12.5. The van der Waals surface area contributed by atoms with Crippen molar-refractivity contribution < 1.29 is 4.79 Å². The molecule has 2 aromatic carbocycles. The van der Waals surface area contributed by atoms with E-state index in [2.05, 4.69) is 41.2 Å². The Bertz CT molecular complexity index is 870. The molecule has 0 bridgehead atoms. The molecule has 0 unspecified atom stereocenters. The van der Waals surface area contributed by atoms with E-state index >= 15 is 0 Å². The quantitative estimate of drug-likeness (QED) is 0.418. The number of halogens is 1. The zero-order valence-corrected chi connectivity index (χ0v) is 15.9. The molecular formula is C19H15ClN2OS2. The molecule has 0 aliphatic heterocycles. The van der Waals surface area contributed by atoms with E-state index < -0.39 is 0 Å². The maximum Gasteiger partial charge on any atom is 0.244 e. The molecule has 0 saturated heterocycles. The summed E-state index contributed by atoms with van der Waals surface area (Å²) in [5.74, 6) is 0.737. The number of hydrogen-bond donors (Lipinski definition) is 0. The predicted molar refractivity (Wildman–Crippen MR) is 104 cm³/mol. The van der Waals surface area contributed by atoms with Gasteiger partial charge in [-0.2, -0.15) is 0 Å². The number of benzene rings is 2. The van der Waals surface area contributed by atoms with Gasteiger partial charge in [-0.15, -0.1) is 0 Å². The van der Waals surface area contributed by atoms with Crippen LogP contribution in [0.4, 0.5) is 0 Å². The molecule has 6 heteroatoms. The minimum absolute atomic E-state index is 0.184. The number of carbonyl (C=O) groups excluding carboxylic acids is 1. The van der Waals surface area contributed by atoms with E-state index in [9.17, 15) is 4.79 Å². The van der Waals surface area contributed by atoms with Crippen LogP contribution in [-0.2, 0) is 5.75 Å². The highest BCUT2D eigenvalue weighted by Crippen LogP contribution is 2.27. The Balaban J connectivity index is 1.71. The van der Waals surface area contributed by atoms with Gasteiger partial charge in [0.15, 0.2) is 5.16 Å². The van der Waals surface area contributed by atoms with Crippen molar-refractivity contribution in [3.05, 3.63) is 82.6 Å². The van der Waals surface area contributed by atoms with E-state index in [0.29, 0.717) is 5.16 Å². The number of aryl methyl sites for hydroxylation is 1. The van der Waals surface area contributed by atoms with Crippen LogP contribution in [-0.4, -0.2) is 15.1 Å². The van der Waals surface area contributed by atoms with Crippen LogP contribution in [0.2, 0.25) is 5.02 Å². The highest BCUT2D eigenvalue weighted by Gasteiger charge is 2.16. The standard InChI is InChI=1S/C19H15ClN2OS2/c1-13-7-9-14(10-8-13)12-24-19-21-11-16(20)17(22-19)18(23)25-15-5-3-2-4-6-15/h2-11H,12H2,1H3. The van der Waals surface area contributed by atoms with E-state index in [1.807, 2.05) is 30.3 Å². The Morgan fingerprint density at radius 1 is 1.08 bits per heavy atom. The summed E-state index contributed by atoms with van der Waals surface area (Å²) in [6.45, 7) is 2.06. The molecule has 0 atom stereocenters. The minimum atomic E-state index is -0.184. The number of aromatic nitrogens is 2. The second-order valence-electron chi connectivity index (χ2n) is 5.33. The highest BCUT2D eigenvalue weighted by atomic mass is 35.5. The smallest absolute Gasteiger partial charge is 0.244 e. The van der Waals surface area contributed by atoms with E-state index in [-0.39, 0.29) is 15.8 Å². The second kappa shape index (κ2) is 8.52. The fraction of sp³-hybridized carbons (Fsp3) is 0.105. The summed E-state index contributed by atoms with van der Waals surface area (Å²) in [6.07, 6.45) is 1.49. The first kappa shape index (κ1) is 18.0. The van der Waals surface area contributed by atoms with Crippen LogP contribution in [0.5, 0.6) is 0 Å². The van der Waals surface area contributed by atoms with Crippen LogP contribution < -0.4 is 0 Å². The molecule has 0 fully saturated rings. The molecule has 0 aliphatic rings. The molecular weight excluding hydrogens is 372 g/mol. The van der Waals surface area contributed by atoms with Gasteiger partial charge in [-0.25, -0.2) is 9.97 Å². The average molecular weight is 387 g/mol. The minimum Gasteiger partial charge on any atom is -0.279 e. The van der Waals surface area contributed by atoms with Crippen LogP contribution in [0.3, 0.4) is 0 Å². The number of nitrogens with zero attached hydrogens (tertiary/aromatic N) is 2. The van der Waals surface area contributed by atoms with E-state index in [1.54, 1.807) is 0 Å². The van der Waals surface area contributed by atoms with Crippen LogP contribution in [0.1, 0.15) is 21.6 Å². The lowest BCUT2D eigenvalue weighted by Gasteiger charge is -2.05. The molecule has 0 spiro atoms. The fourth-order valence-electron chi connectivity index (χ4n) is 2.04. The third-order valence-corrected chi connectivity index (χ3v) is 5.45. The maximum atomic E-state index is 12.5. The van der Waals surface area contributed by atoms with Crippen molar-refractivity contribution in [2.24, 2.45) is 0 Å². The van der Waals surface area contributed by atoms with Crippen molar-refractivity contribution in [2.75, 3.05) is 0 Å². The fourth-order valence-corrected chi connectivity index (χ4v) is 3.80. The van der Waals surface area contributed by atoms with Gasteiger partial charge in [-0.05, 0) is 36.4 Å². The third kappa shape index (κ3) is 5.08. The zero-order chi connectivity index (χ0) is 17.6. The van der Waals surface area contributed by atoms with Gasteiger partial charge in [0.2, 0.25) is 5.12 Å². The number of thioether (sulfide) groups is 2. The first-order valence-corrected chi connectivity index (χ1v) is 9.78. The Morgan fingerprint density at radius 2 is 1.80 bits per heavy atom. The lowest BCUT2D eigenvalue weighted by molar-refractivity contribution is 0.108. The van der Waals surface area contributed by atoms with E-state index in [0.717, 1.165) is 22.4 Å². The summed E-state index contributed by atoms with van der Waals surface area (Å²) in [7, 11) is 0. The van der Waals surface area contributed by atoms with Gasteiger partial charge in [0.05, 0.1) is 11.2 Å². The van der Waals surface area contributed by atoms with E-state index in [4.69, 9.17) is 11.6 Å². The van der Waals surface area contributed by atoms with Crippen LogP contribution >= 0.6 is 35.1 Å². The topological polar surface area (TPSA) is 42.9 Å². The van der Waals surface area contributed by atoms with Gasteiger partial charge in [0.1, 0.15) is 5.69 Å². The summed E-state index contributed by atoms with van der Waals surface area (Å²) in [5.41, 5.74) is 2.65. The number of carbonyl (C=O) groups is 1. The molecule has 0 saturated carbocycles. The monoisotopic (exact) mass is 386 g/mol. The Labute approximate surface area is 160 Å². The summed E-state index contributed by atoms with van der Waals surface area (Å²) in [5, 5.41) is 0.630. The molecule has 1 aromatic heterocycles. The third-order valence-electron chi connectivity index (χ3n) is 3.36. The molecule has 0 N–H and O–H groups in total. The van der Waals surface area contributed by atoms with Crippen molar-refractivity contribution in [3.8, 4) is 0 Å². The first-order chi connectivity index (χ1) is 12.1. The summed E-state index contributed by atoms with van der Waals surface area (Å²) < 4.78 is 0. The van der Waals surface area contributed by atoms with Crippen molar-refractivity contribution in [2.45, 2.75) is 22.7 Å². The van der Waals surface area contributed by atoms with Crippen molar-refractivity contribution in [1.82, 2.24) is 9.97 Å². The van der Waals surface area contributed by atoms with Gasteiger partial charge < -0.3 is 0 Å². The van der Waals surface area contributed by atoms with Crippen LogP contribution in [0, 0.1) is 6.92 Å². The molecule has 25 heavy (non-hydrogen) atoms. The van der Waals surface area contributed by atoms with Gasteiger partial charge in [0.25, 0.3) is 0 Å². The molecule has 0 radical (unpaired) electrons. The molecule has 126 valence electrons. The zero-order valence-electron chi connectivity index (χ0n) is 13.5. The van der Waals surface area contributed by atoms with Gasteiger partial charge in [-0.1, -0.05) is 71.4 Å². The van der Waals surface area contributed by atoms with E-state index in [1.165, 1.54) is 29.1 Å². The predicted octanol–water partition coefficient (Wildman–Crippen LogP) is 5.66. The molecule has 1 heterocycles. The SMILES string of the molecule is Cc1ccc(CSc2ncc(Cl)c(C(=O)Sc3ccccc3)n2)cc1. The first-order valence-electron chi connectivity index (χ1n) is 7.60. The lowest BCUT2D eigenvalue weighted by Crippen LogP contribution is -2.01. The van der Waals surface area contributed by atoms with Crippen LogP contribution in [0.25, 0.3) is 0 Å². The van der Waals surface area contributed by atoms with Crippen molar-refractivity contribution >= 4 is 40.2 Å². The molecule has 0 aliphatic carbocycles. The summed E-state index contributed by atoms with van der Waals surface area (Å²) >= 11 is 8.72. The molecule has 0 amide bonds. The second-order valence-corrected chi connectivity index (χ2v) is 7.72. The average Bonchev–Trinajstić information content (AvgIpc) is 2.63. The normalized spacial score (nSPS) is 10.6. The molecule has 3 aromatic rings. The van der Waals surface area contributed by atoms with Crippen molar-refractivity contribution in [1.29, 1.82) is 0 Å². The summed E-state index contributed by atoms with van der Waals surface area (Å²) in [4.78, 5) is 21.9. The van der Waals surface area contributed by atoms with Gasteiger partial charge >= 0.3 is 0 Å². The highest BCUT2D eigenvalue weighted by molar-refractivity contribution is 8.14. The Morgan fingerprint density at radius 3 is 2.52 bits per heavy atom.